The van der Waals surface area contributed by atoms with Crippen LogP contribution in [0.5, 0.6) is 0 Å². The maximum atomic E-state index is 2.42. The van der Waals surface area contributed by atoms with Crippen LogP contribution in [0.3, 0.4) is 0 Å². The fourth-order valence-electron chi connectivity index (χ4n) is 7.62. The maximum absolute atomic E-state index is 2.42. The summed E-state index contributed by atoms with van der Waals surface area (Å²) >= 11 is 1.89. The molecule has 0 amide bonds. The van der Waals surface area contributed by atoms with Gasteiger partial charge >= 0.3 is 0 Å². The molecule has 48 heavy (non-hydrogen) atoms. The highest BCUT2D eigenvalue weighted by Gasteiger charge is 2.19. The minimum absolute atomic E-state index is 1.13. The lowest BCUT2D eigenvalue weighted by Gasteiger charge is -2.26. The normalized spacial score (nSPS) is 11.8. The van der Waals surface area contributed by atoms with E-state index < -0.39 is 0 Å². The third-order valence-electron chi connectivity index (χ3n) is 9.82. The van der Waals surface area contributed by atoms with Gasteiger partial charge in [0.15, 0.2) is 0 Å². The average Bonchev–Trinajstić information content (AvgIpc) is 3.55. The first-order valence-electron chi connectivity index (χ1n) is 16.4. The minimum atomic E-state index is 1.13. The molecule has 0 N–H and O–H groups in total. The largest absolute Gasteiger partial charge is 0.310 e. The van der Waals surface area contributed by atoms with Gasteiger partial charge in [0, 0.05) is 31.5 Å². The van der Waals surface area contributed by atoms with Gasteiger partial charge in [0.05, 0.1) is 5.69 Å². The van der Waals surface area contributed by atoms with Crippen molar-refractivity contribution in [1.29, 1.82) is 0 Å². The number of thiophene rings is 1. The molecule has 1 heterocycles. The molecule has 0 bridgehead atoms. The molecule has 0 aliphatic carbocycles. The van der Waals surface area contributed by atoms with E-state index in [0.717, 1.165) is 11.4 Å². The molecule has 0 saturated heterocycles. The van der Waals surface area contributed by atoms with Crippen molar-refractivity contribution in [3.8, 4) is 11.1 Å². The number of nitrogens with zero attached hydrogens (tertiary/aromatic N) is 1. The van der Waals surface area contributed by atoms with Crippen LogP contribution in [0, 0.1) is 0 Å². The van der Waals surface area contributed by atoms with Gasteiger partial charge in [-0.2, -0.15) is 0 Å². The summed E-state index contributed by atoms with van der Waals surface area (Å²) < 4.78 is 2.64. The summed E-state index contributed by atoms with van der Waals surface area (Å²) in [4.78, 5) is 2.42. The molecule has 1 aromatic heterocycles. The van der Waals surface area contributed by atoms with Crippen molar-refractivity contribution in [3.63, 3.8) is 0 Å². The van der Waals surface area contributed by atoms with Gasteiger partial charge < -0.3 is 4.90 Å². The summed E-state index contributed by atoms with van der Waals surface area (Å²) in [6, 6.07) is 64.4. The molecule has 0 fully saturated rings. The lowest BCUT2D eigenvalue weighted by Crippen LogP contribution is -2.10. The van der Waals surface area contributed by atoms with Gasteiger partial charge in [-0.15, -0.1) is 11.3 Å². The number of benzene rings is 9. The molecule has 0 aliphatic rings. The van der Waals surface area contributed by atoms with E-state index in [1.807, 2.05) is 11.3 Å². The fourth-order valence-corrected chi connectivity index (χ4v) is 8.87. The molecule has 1 nitrogen and oxygen atoms in total. The zero-order valence-electron chi connectivity index (χ0n) is 26.1. The van der Waals surface area contributed by atoms with E-state index in [2.05, 4.69) is 181 Å². The van der Waals surface area contributed by atoms with E-state index in [9.17, 15) is 0 Å². The summed E-state index contributed by atoms with van der Waals surface area (Å²) in [7, 11) is 0. The van der Waals surface area contributed by atoms with Gasteiger partial charge in [-0.25, -0.2) is 0 Å². The SMILES string of the molecule is c1ccc(N(c2ccc(-c3cc4c5ccccc5ccc4c4ccccc34)cc2)c2cccc3sc4c5ccccc5ccc4c23)cc1. The van der Waals surface area contributed by atoms with Crippen LogP contribution >= 0.6 is 11.3 Å². The first-order chi connectivity index (χ1) is 23.8. The molecular formula is C46H29NS. The molecule has 0 radical (unpaired) electrons. The number of anilines is 3. The van der Waals surface area contributed by atoms with E-state index in [4.69, 9.17) is 0 Å². The predicted molar refractivity (Wildman–Crippen MR) is 209 cm³/mol. The fraction of sp³-hybridized carbons (Fsp3) is 0. The predicted octanol–water partition coefficient (Wildman–Crippen LogP) is 13.8. The highest BCUT2D eigenvalue weighted by molar-refractivity contribution is 7.26. The molecule has 0 aliphatic heterocycles. The molecule has 9 aromatic carbocycles. The molecule has 10 rings (SSSR count). The Balaban J connectivity index is 1.18. The third kappa shape index (κ3) is 4.17. The highest BCUT2D eigenvalue weighted by Crippen LogP contribution is 2.47. The highest BCUT2D eigenvalue weighted by atomic mass is 32.1. The summed E-state index contributed by atoms with van der Waals surface area (Å²) in [5.74, 6) is 0. The number of rotatable bonds is 4. The van der Waals surface area contributed by atoms with E-state index in [0.29, 0.717) is 0 Å². The van der Waals surface area contributed by atoms with Crippen LogP contribution in [-0.2, 0) is 0 Å². The number of hydrogen-bond donors (Lipinski definition) is 0. The second-order valence-corrected chi connectivity index (χ2v) is 13.5. The molecule has 0 spiro atoms. The molecular weight excluding hydrogens is 599 g/mol. The van der Waals surface area contributed by atoms with E-state index in [1.54, 1.807) is 0 Å². The summed E-state index contributed by atoms with van der Waals surface area (Å²) in [5.41, 5.74) is 5.93. The van der Waals surface area contributed by atoms with E-state index in [1.165, 1.54) is 80.1 Å². The minimum Gasteiger partial charge on any atom is -0.310 e. The summed E-state index contributed by atoms with van der Waals surface area (Å²) in [6.07, 6.45) is 0. The smallest absolute Gasteiger partial charge is 0.0554 e. The maximum Gasteiger partial charge on any atom is 0.0554 e. The Bertz CT molecular complexity index is 2830. The number of hydrogen-bond acceptors (Lipinski definition) is 2. The van der Waals surface area contributed by atoms with E-state index >= 15 is 0 Å². The Kier molecular flexibility index (Phi) is 6.12. The Morgan fingerprint density at radius 3 is 1.77 bits per heavy atom. The van der Waals surface area contributed by atoms with Gasteiger partial charge in [0.25, 0.3) is 0 Å². The van der Waals surface area contributed by atoms with Crippen LogP contribution in [-0.4, -0.2) is 0 Å². The van der Waals surface area contributed by atoms with Crippen LogP contribution in [0.2, 0.25) is 0 Å². The first-order valence-corrected chi connectivity index (χ1v) is 17.3. The summed E-state index contributed by atoms with van der Waals surface area (Å²) in [6.45, 7) is 0. The van der Waals surface area contributed by atoms with Crippen molar-refractivity contribution < 1.29 is 0 Å². The van der Waals surface area contributed by atoms with E-state index in [-0.39, 0.29) is 0 Å². The van der Waals surface area contributed by atoms with Crippen molar-refractivity contribution in [2.75, 3.05) is 4.90 Å². The van der Waals surface area contributed by atoms with Crippen LogP contribution in [0.1, 0.15) is 0 Å². The second-order valence-electron chi connectivity index (χ2n) is 12.5. The van der Waals surface area contributed by atoms with Gasteiger partial charge in [-0.3, -0.25) is 0 Å². The standard InChI is InChI=1S/C46H29NS/c1-2-13-33(14-3-1)47(43-19-10-20-44-45(43)40-28-24-31-12-5-7-16-36(31)46(40)48-44)34-25-21-32(22-26-34)41-29-42-35-15-6-4-11-30(35)23-27-39(42)37-17-8-9-18-38(37)41/h1-29H. The molecule has 224 valence electrons. The van der Waals surface area contributed by atoms with Crippen molar-refractivity contribution in [2.45, 2.75) is 0 Å². The molecule has 0 unspecified atom stereocenters. The van der Waals surface area contributed by atoms with Crippen molar-refractivity contribution >= 4 is 91.7 Å². The lowest BCUT2D eigenvalue weighted by molar-refractivity contribution is 1.30. The van der Waals surface area contributed by atoms with Gasteiger partial charge in [0.2, 0.25) is 0 Å². The molecule has 10 aromatic rings. The quantitative estimate of drug-likeness (QED) is 0.176. The van der Waals surface area contributed by atoms with Crippen molar-refractivity contribution in [3.05, 3.63) is 176 Å². The van der Waals surface area contributed by atoms with Crippen molar-refractivity contribution in [2.24, 2.45) is 0 Å². The topological polar surface area (TPSA) is 3.24 Å². The second kappa shape index (κ2) is 10.8. The van der Waals surface area contributed by atoms with Crippen LogP contribution in [0.4, 0.5) is 17.1 Å². The van der Waals surface area contributed by atoms with Gasteiger partial charge in [-0.05, 0) is 96.7 Å². The number of para-hydroxylation sites is 1. The van der Waals surface area contributed by atoms with Crippen LogP contribution in [0.15, 0.2) is 176 Å². The van der Waals surface area contributed by atoms with Crippen molar-refractivity contribution in [1.82, 2.24) is 0 Å². The monoisotopic (exact) mass is 627 g/mol. The van der Waals surface area contributed by atoms with Crippen LogP contribution < -0.4 is 4.90 Å². The third-order valence-corrected chi connectivity index (χ3v) is 11.0. The zero-order chi connectivity index (χ0) is 31.6. The zero-order valence-corrected chi connectivity index (χ0v) is 26.9. The van der Waals surface area contributed by atoms with Crippen LogP contribution in [0.25, 0.3) is 74.4 Å². The molecule has 0 saturated carbocycles. The lowest BCUT2D eigenvalue weighted by atomic mass is 9.91. The molecule has 0 atom stereocenters. The molecule has 2 heteroatoms. The van der Waals surface area contributed by atoms with Gasteiger partial charge in [-0.1, -0.05) is 133 Å². The number of fused-ring (bicyclic) bond motifs is 10. The summed E-state index contributed by atoms with van der Waals surface area (Å²) in [5, 5.41) is 12.9. The first kappa shape index (κ1) is 27.2. The Morgan fingerprint density at radius 2 is 0.979 bits per heavy atom. The Labute approximate surface area is 282 Å². The van der Waals surface area contributed by atoms with Gasteiger partial charge in [0.1, 0.15) is 0 Å². The Hall–Kier alpha value is -5.96. The Morgan fingerprint density at radius 1 is 0.375 bits per heavy atom. The average molecular weight is 628 g/mol.